The molecule has 5 atom stereocenters. The predicted molar refractivity (Wildman–Crippen MR) is 97.5 cm³/mol. The zero-order chi connectivity index (χ0) is 19.8. The van der Waals surface area contributed by atoms with Crippen molar-refractivity contribution in [3.63, 3.8) is 0 Å². The average molecular weight is 378 g/mol. The number of ketones is 1. The number of hydrogen-bond acceptors (Lipinski definition) is 6. The van der Waals surface area contributed by atoms with E-state index in [2.05, 4.69) is 20.8 Å². The van der Waals surface area contributed by atoms with Crippen LogP contribution in [0.2, 0.25) is 0 Å². The lowest BCUT2D eigenvalue weighted by Crippen LogP contribution is -2.51. The van der Waals surface area contributed by atoms with Crippen LogP contribution < -0.4 is 0 Å². The van der Waals surface area contributed by atoms with E-state index < -0.39 is 23.6 Å². The van der Waals surface area contributed by atoms with Crippen LogP contribution in [0.1, 0.15) is 66.2 Å². The molecule has 0 aromatic carbocycles. The second-order valence-corrected chi connectivity index (χ2v) is 8.68. The quantitative estimate of drug-likeness (QED) is 0.698. The first-order valence-corrected chi connectivity index (χ1v) is 10.0. The lowest BCUT2D eigenvalue weighted by Gasteiger charge is -2.44. The van der Waals surface area contributed by atoms with Gasteiger partial charge in [-0.1, -0.05) is 27.2 Å². The van der Waals surface area contributed by atoms with Crippen molar-refractivity contribution in [1.82, 2.24) is 0 Å². The summed E-state index contributed by atoms with van der Waals surface area (Å²) in [4.78, 5) is 35.6. The maximum absolute atomic E-state index is 12.2. The van der Waals surface area contributed by atoms with Crippen LogP contribution in [-0.2, 0) is 28.6 Å². The highest BCUT2D eigenvalue weighted by Crippen LogP contribution is 2.43. The molecule has 0 aromatic heterocycles. The zero-order valence-corrected chi connectivity index (χ0v) is 16.7. The zero-order valence-electron chi connectivity index (χ0n) is 16.7. The first-order chi connectivity index (χ1) is 12.7. The van der Waals surface area contributed by atoms with Gasteiger partial charge in [-0.2, -0.15) is 0 Å². The smallest absolute Gasteiger partial charge is 0.375 e. The summed E-state index contributed by atoms with van der Waals surface area (Å²) in [5.74, 6) is 0.258. The summed E-state index contributed by atoms with van der Waals surface area (Å²) in [5.41, 5.74) is -1.02. The fourth-order valence-electron chi connectivity index (χ4n) is 4.66. The molecule has 27 heavy (non-hydrogen) atoms. The highest BCUT2D eigenvalue weighted by Gasteiger charge is 2.52. The summed E-state index contributed by atoms with van der Waals surface area (Å²) >= 11 is 0. The molecule has 6 heteroatoms. The van der Waals surface area contributed by atoms with E-state index in [0.717, 1.165) is 12.8 Å². The van der Waals surface area contributed by atoms with Crippen molar-refractivity contribution in [3.8, 4) is 0 Å². The Kier molecular flexibility index (Phi) is 5.75. The largest absolute Gasteiger partial charge is 0.446 e. The Labute approximate surface area is 160 Å². The second-order valence-electron chi connectivity index (χ2n) is 8.68. The lowest BCUT2D eigenvalue weighted by molar-refractivity contribution is -0.186. The minimum absolute atomic E-state index is 0.0337. The molecule has 1 heterocycles. The van der Waals surface area contributed by atoms with E-state index in [4.69, 9.17) is 14.2 Å². The minimum atomic E-state index is -1.02. The Hall–Kier alpha value is -1.69. The number of carbonyl (C=O) groups excluding carboxylic acids is 3. The fraction of sp³-hybridized carbons (Fsp3) is 0.762. The standard InChI is InChI=1S/C21H30O6/c1-12(2)16-6-5-13(3)9-17(16)26-19-10-15(23)7-8-21(19)11-18(20(24)27-21)25-14(4)22/h11-13,16-17,19H,5-10H2,1-4H3/t13-,16+,17-,19-,21+/m1/s1. The second kappa shape index (κ2) is 7.74. The van der Waals surface area contributed by atoms with E-state index in [1.165, 1.54) is 13.3 Å². The molecular formula is C21H30O6. The molecule has 0 aromatic rings. The molecule has 0 amide bonds. The molecular weight excluding hydrogens is 348 g/mol. The fourth-order valence-corrected chi connectivity index (χ4v) is 4.66. The van der Waals surface area contributed by atoms with E-state index in [0.29, 0.717) is 30.6 Å². The average Bonchev–Trinajstić information content (AvgIpc) is 2.87. The number of rotatable bonds is 4. The molecule has 0 saturated heterocycles. The molecule has 2 saturated carbocycles. The van der Waals surface area contributed by atoms with Gasteiger partial charge in [-0.3, -0.25) is 9.59 Å². The van der Waals surface area contributed by atoms with E-state index in [1.54, 1.807) is 6.08 Å². The van der Waals surface area contributed by atoms with E-state index >= 15 is 0 Å². The van der Waals surface area contributed by atoms with Crippen molar-refractivity contribution in [2.45, 2.75) is 84.0 Å². The van der Waals surface area contributed by atoms with Crippen molar-refractivity contribution >= 4 is 17.7 Å². The van der Waals surface area contributed by atoms with Crippen molar-refractivity contribution in [2.75, 3.05) is 0 Å². The summed E-state index contributed by atoms with van der Waals surface area (Å²) in [7, 11) is 0. The van der Waals surface area contributed by atoms with Gasteiger partial charge in [0.15, 0.2) is 5.60 Å². The van der Waals surface area contributed by atoms with Crippen LogP contribution in [0.3, 0.4) is 0 Å². The molecule has 150 valence electrons. The monoisotopic (exact) mass is 378 g/mol. The van der Waals surface area contributed by atoms with Gasteiger partial charge < -0.3 is 14.2 Å². The van der Waals surface area contributed by atoms with Gasteiger partial charge in [0.1, 0.15) is 11.9 Å². The first kappa shape index (κ1) is 20.1. The van der Waals surface area contributed by atoms with Crippen molar-refractivity contribution in [2.24, 2.45) is 17.8 Å². The maximum Gasteiger partial charge on any atom is 0.375 e. The van der Waals surface area contributed by atoms with Crippen LogP contribution in [0.5, 0.6) is 0 Å². The molecule has 0 bridgehead atoms. The van der Waals surface area contributed by atoms with E-state index in [-0.39, 0.29) is 24.1 Å². The first-order valence-electron chi connectivity index (χ1n) is 10.0. The Bertz CT molecular complexity index is 651. The molecule has 1 aliphatic heterocycles. The van der Waals surface area contributed by atoms with Crippen molar-refractivity contribution < 1.29 is 28.6 Å². The topological polar surface area (TPSA) is 78.9 Å². The van der Waals surface area contributed by atoms with Gasteiger partial charge in [0.25, 0.3) is 0 Å². The van der Waals surface area contributed by atoms with Crippen LogP contribution >= 0.6 is 0 Å². The van der Waals surface area contributed by atoms with E-state index in [9.17, 15) is 14.4 Å². The highest BCUT2D eigenvalue weighted by atomic mass is 16.6. The van der Waals surface area contributed by atoms with Gasteiger partial charge in [-0.25, -0.2) is 4.79 Å². The summed E-state index contributed by atoms with van der Waals surface area (Å²) in [6.45, 7) is 7.87. The number of carbonyl (C=O) groups is 3. The van der Waals surface area contributed by atoms with Crippen molar-refractivity contribution in [3.05, 3.63) is 11.8 Å². The molecule has 2 fully saturated rings. The predicted octanol–water partition coefficient (Wildman–Crippen LogP) is 3.33. The summed E-state index contributed by atoms with van der Waals surface area (Å²) < 4.78 is 17.1. The summed E-state index contributed by atoms with van der Waals surface area (Å²) in [5, 5.41) is 0. The molecule has 6 nitrogen and oxygen atoms in total. The Morgan fingerprint density at radius 3 is 2.70 bits per heavy atom. The minimum Gasteiger partial charge on any atom is -0.446 e. The molecule has 3 aliphatic rings. The maximum atomic E-state index is 12.2. The number of ether oxygens (including phenoxy) is 3. The normalized spacial score (nSPS) is 36.7. The third kappa shape index (κ3) is 4.26. The Morgan fingerprint density at radius 2 is 2.04 bits per heavy atom. The SMILES string of the molecule is CC(=O)OC1=C[C@]2(CCC(=O)C[C@H]2O[C@@H]2C[C@H](C)CC[C@H]2C(C)C)OC1=O. The third-order valence-corrected chi connectivity index (χ3v) is 6.17. The molecule has 0 unspecified atom stereocenters. The number of Topliss-reactive ketones (excluding diaryl/α,β-unsaturated/α-hetero) is 1. The number of esters is 2. The highest BCUT2D eigenvalue weighted by molar-refractivity contribution is 5.92. The summed E-state index contributed by atoms with van der Waals surface area (Å²) in [6, 6.07) is 0. The Balaban J connectivity index is 1.84. The van der Waals surface area contributed by atoms with Gasteiger partial charge in [0, 0.05) is 32.3 Å². The van der Waals surface area contributed by atoms with Crippen LogP contribution in [0.15, 0.2) is 11.8 Å². The van der Waals surface area contributed by atoms with Gasteiger partial charge >= 0.3 is 11.9 Å². The molecule has 1 spiro atoms. The van der Waals surface area contributed by atoms with Gasteiger partial charge in [0.05, 0.1) is 6.10 Å². The van der Waals surface area contributed by atoms with Crippen LogP contribution in [0, 0.1) is 17.8 Å². The summed E-state index contributed by atoms with van der Waals surface area (Å²) in [6.07, 6.45) is 5.19. The molecule has 0 N–H and O–H groups in total. The van der Waals surface area contributed by atoms with Gasteiger partial charge in [-0.05, 0) is 30.6 Å². The molecule has 0 radical (unpaired) electrons. The van der Waals surface area contributed by atoms with Crippen LogP contribution in [-0.4, -0.2) is 35.5 Å². The molecule has 3 rings (SSSR count). The Morgan fingerprint density at radius 1 is 1.30 bits per heavy atom. The van der Waals surface area contributed by atoms with Gasteiger partial charge in [-0.15, -0.1) is 0 Å². The number of hydrogen-bond donors (Lipinski definition) is 0. The van der Waals surface area contributed by atoms with E-state index in [1.807, 2.05) is 0 Å². The molecule has 2 aliphatic carbocycles. The lowest BCUT2D eigenvalue weighted by atomic mass is 9.74. The van der Waals surface area contributed by atoms with Gasteiger partial charge in [0.2, 0.25) is 5.76 Å². The third-order valence-electron chi connectivity index (χ3n) is 6.17. The van der Waals surface area contributed by atoms with Crippen LogP contribution in [0.4, 0.5) is 0 Å². The van der Waals surface area contributed by atoms with Crippen molar-refractivity contribution in [1.29, 1.82) is 0 Å². The van der Waals surface area contributed by atoms with Crippen LogP contribution in [0.25, 0.3) is 0 Å².